The predicted octanol–water partition coefficient (Wildman–Crippen LogP) is 2.09. The molecule has 0 saturated carbocycles. The average Bonchev–Trinajstić information content (AvgIpc) is 1.68. The molecular weight excluding hydrogens is 106 g/mol. The van der Waals surface area contributed by atoms with E-state index in [1.54, 1.807) is 0 Å². The van der Waals surface area contributed by atoms with Gasteiger partial charge in [-0.2, -0.15) is 0 Å². The molecule has 0 N–H and O–H groups in total. The van der Waals surface area contributed by atoms with Crippen molar-refractivity contribution in [3.8, 4) is 0 Å². The summed E-state index contributed by atoms with van der Waals surface area (Å²) in [6.07, 6.45) is 2.24. The van der Waals surface area contributed by atoms with E-state index in [9.17, 15) is 0 Å². The van der Waals surface area contributed by atoms with E-state index in [0.29, 0.717) is 0 Å². The van der Waals surface area contributed by atoms with Crippen molar-refractivity contribution in [1.82, 2.24) is 0 Å². The first-order valence-electron chi connectivity index (χ1n) is 2.48. The van der Waals surface area contributed by atoms with Crippen LogP contribution in [0.25, 0.3) is 0 Å². The monoisotopic (exact) mass is 117 g/mol. The maximum atomic E-state index is 3.74. The van der Waals surface area contributed by atoms with E-state index in [1.165, 1.54) is 0 Å². The Labute approximate surface area is 50.4 Å². The molecule has 0 unspecified atom stereocenters. The van der Waals surface area contributed by atoms with E-state index in [0.717, 1.165) is 18.6 Å². The van der Waals surface area contributed by atoms with Crippen molar-refractivity contribution in [2.75, 3.05) is 0 Å². The minimum atomic E-state index is 1.07. The summed E-state index contributed by atoms with van der Waals surface area (Å²) in [7, 11) is 0. The second-order valence-corrected chi connectivity index (χ2v) is 1.79. The Morgan fingerprint density at radius 2 is 2.29 bits per heavy atom. The Balaban J connectivity index is 3.17. The Hall–Kier alpha value is 0.0200. The fourth-order valence-corrected chi connectivity index (χ4v) is 0.512. The maximum Gasteiger partial charge on any atom is 0.0228 e. The summed E-state index contributed by atoms with van der Waals surface area (Å²) in [4.78, 5) is 0. The van der Waals surface area contributed by atoms with Crippen molar-refractivity contribution in [1.29, 1.82) is 0 Å². The predicted molar refractivity (Wildman–Crippen MR) is 37.0 cm³/mol. The normalized spacial score (nSPS) is 12.1. The van der Waals surface area contributed by atoms with Crippen LogP contribution in [0.15, 0.2) is 4.40 Å². The molecule has 2 heteroatoms. The highest BCUT2D eigenvalue weighted by molar-refractivity contribution is 7.79. The molecule has 0 aromatic carbocycles. The first-order chi connectivity index (χ1) is 3.31. The molecule has 0 saturated heterocycles. The van der Waals surface area contributed by atoms with Crippen LogP contribution in [0.3, 0.4) is 0 Å². The molecule has 0 amide bonds. The minimum Gasteiger partial charge on any atom is -0.229 e. The smallest absolute Gasteiger partial charge is 0.0228 e. The summed E-state index contributed by atoms with van der Waals surface area (Å²) in [6.45, 7) is 4.11. The third kappa shape index (κ3) is 3.86. The molecule has 0 fully saturated rings. The number of thiol groups is 1. The van der Waals surface area contributed by atoms with Crippen molar-refractivity contribution >= 4 is 18.5 Å². The highest BCUT2D eigenvalue weighted by Gasteiger charge is 1.82. The standard InChI is InChI=1S/C5H11NS/c1-3-4-5(2)6-7/h7H,3-4H2,1-2H3. The van der Waals surface area contributed by atoms with Crippen LogP contribution in [0, 0.1) is 0 Å². The summed E-state index contributed by atoms with van der Waals surface area (Å²) in [5, 5.41) is 0. The van der Waals surface area contributed by atoms with Crippen molar-refractivity contribution in [2.24, 2.45) is 4.40 Å². The zero-order valence-corrected chi connectivity index (χ0v) is 5.70. The van der Waals surface area contributed by atoms with Gasteiger partial charge in [0, 0.05) is 5.71 Å². The highest BCUT2D eigenvalue weighted by Crippen LogP contribution is 1.91. The molecule has 0 atom stereocenters. The van der Waals surface area contributed by atoms with Crippen LogP contribution >= 0.6 is 12.8 Å². The lowest BCUT2D eigenvalue weighted by Crippen LogP contribution is -1.85. The van der Waals surface area contributed by atoms with Crippen LogP contribution in [0.4, 0.5) is 0 Å². The van der Waals surface area contributed by atoms with E-state index in [-0.39, 0.29) is 0 Å². The van der Waals surface area contributed by atoms with E-state index < -0.39 is 0 Å². The number of hydrogen-bond acceptors (Lipinski definition) is 2. The minimum absolute atomic E-state index is 1.07. The molecule has 0 rings (SSSR count). The van der Waals surface area contributed by atoms with Gasteiger partial charge in [0.1, 0.15) is 0 Å². The number of rotatable bonds is 2. The molecule has 42 valence electrons. The lowest BCUT2D eigenvalue weighted by atomic mass is 10.2. The third-order valence-electron chi connectivity index (χ3n) is 0.783. The second-order valence-electron chi connectivity index (χ2n) is 1.59. The summed E-state index contributed by atoms with van der Waals surface area (Å²) in [6, 6.07) is 0. The topological polar surface area (TPSA) is 12.4 Å². The van der Waals surface area contributed by atoms with E-state index >= 15 is 0 Å². The molecule has 0 heterocycles. The van der Waals surface area contributed by atoms with Gasteiger partial charge in [-0.3, -0.25) is 0 Å². The molecule has 0 aliphatic carbocycles. The van der Waals surface area contributed by atoms with Gasteiger partial charge in [-0.15, -0.1) is 0 Å². The molecule has 0 aromatic heterocycles. The lowest BCUT2D eigenvalue weighted by Gasteiger charge is -1.88. The van der Waals surface area contributed by atoms with Gasteiger partial charge in [-0.25, -0.2) is 4.40 Å². The zero-order chi connectivity index (χ0) is 5.70. The van der Waals surface area contributed by atoms with Crippen LogP contribution in [0.5, 0.6) is 0 Å². The highest BCUT2D eigenvalue weighted by atomic mass is 32.1. The quantitative estimate of drug-likeness (QED) is 0.420. The molecule has 0 bridgehead atoms. The van der Waals surface area contributed by atoms with Crippen LogP contribution < -0.4 is 0 Å². The van der Waals surface area contributed by atoms with Gasteiger partial charge in [0.2, 0.25) is 0 Å². The largest absolute Gasteiger partial charge is 0.229 e. The summed E-state index contributed by atoms with van der Waals surface area (Å²) < 4.78 is 3.69. The van der Waals surface area contributed by atoms with Gasteiger partial charge >= 0.3 is 0 Å². The zero-order valence-electron chi connectivity index (χ0n) is 4.81. The summed E-state index contributed by atoms with van der Waals surface area (Å²) in [5.41, 5.74) is 1.12. The van der Waals surface area contributed by atoms with Gasteiger partial charge < -0.3 is 0 Å². The van der Waals surface area contributed by atoms with Gasteiger partial charge in [-0.1, -0.05) is 13.3 Å². The van der Waals surface area contributed by atoms with E-state index in [1.807, 2.05) is 6.92 Å². The first-order valence-corrected chi connectivity index (χ1v) is 2.88. The second kappa shape index (κ2) is 4.19. The van der Waals surface area contributed by atoms with Crippen molar-refractivity contribution in [3.63, 3.8) is 0 Å². The van der Waals surface area contributed by atoms with Crippen molar-refractivity contribution in [3.05, 3.63) is 0 Å². The van der Waals surface area contributed by atoms with Crippen molar-refractivity contribution < 1.29 is 0 Å². The van der Waals surface area contributed by atoms with Crippen LogP contribution in [0.1, 0.15) is 26.7 Å². The van der Waals surface area contributed by atoms with E-state index in [4.69, 9.17) is 0 Å². The van der Waals surface area contributed by atoms with Gasteiger partial charge in [0.15, 0.2) is 0 Å². The average molecular weight is 117 g/mol. The fraction of sp³-hybridized carbons (Fsp3) is 0.800. The molecule has 0 spiro atoms. The van der Waals surface area contributed by atoms with Crippen LogP contribution in [0.2, 0.25) is 0 Å². The molecule has 0 aliphatic heterocycles. The van der Waals surface area contributed by atoms with Gasteiger partial charge in [-0.05, 0) is 26.2 Å². The molecule has 0 aromatic rings. The number of nitrogens with zero attached hydrogens (tertiary/aromatic N) is 1. The van der Waals surface area contributed by atoms with Crippen LogP contribution in [-0.2, 0) is 0 Å². The van der Waals surface area contributed by atoms with Crippen molar-refractivity contribution in [2.45, 2.75) is 26.7 Å². The Morgan fingerprint density at radius 3 is 2.43 bits per heavy atom. The molecule has 0 radical (unpaired) electrons. The number of hydrogen-bond donors (Lipinski definition) is 1. The molecule has 7 heavy (non-hydrogen) atoms. The summed E-state index contributed by atoms with van der Waals surface area (Å²) >= 11 is 3.74. The van der Waals surface area contributed by atoms with E-state index in [2.05, 4.69) is 24.1 Å². The van der Waals surface area contributed by atoms with Crippen LogP contribution in [-0.4, -0.2) is 5.71 Å². The summed E-state index contributed by atoms with van der Waals surface area (Å²) in [5.74, 6) is 0. The lowest BCUT2D eigenvalue weighted by molar-refractivity contribution is 0.991. The Kier molecular flexibility index (Phi) is 4.20. The molecule has 0 aliphatic rings. The molecule has 1 nitrogen and oxygen atoms in total. The SMILES string of the molecule is CCCC(C)=NS. The molecular formula is C5H11NS. The first kappa shape index (κ1) is 7.02. The fourth-order valence-electron chi connectivity index (χ4n) is 0.412. The Morgan fingerprint density at radius 1 is 1.71 bits per heavy atom. The van der Waals surface area contributed by atoms with Gasteiger partial charge in [0.25, 0.3) is 0 Å². The Bertz CT molecular complexity index is 68.5. The maximum absolute atomic E-state index is 3.74. The third-order valence-corrected chi connectivity index (χ3v) is 1.12. The van der Waals surface area contributed by atoms with Gasteiger partial charge in [0.05, 0.1) is 0 Å².